The Labute approximate surface area is 144 Å². The van der Waals surface area contributed by atoms with Crippen molar-refractivity contribution in [2.45, 2.75) is 26.4 Å². The lowest BCUT2D eigenvalue weighted by molar-refractivity contribution is 0.190. The Kier molecular flexibility index (Phi) is 3.78. The highest BCUT2D eigenvalue weighted by molar-refractivity contribution is 5.83. The molecule has 2 heterocycles. The van der Waals surface area contributed by atoms with Crippen molar-refractivity contribution in [2.75, 3.05) is 6.61 Å². The summed E-state index contributed by atoms with van der Waals surface area (Å²) in [4.78, 5) is 12.3. The molecule has 25 heavy (non-hydrogen) atoms. The fourth-order valence-electron chi connectivity index (χ4n) is 3.20. The van der Waals surface area contributed by atoms with Gasteiger partial charge in [-0.3, -0.25) is 4.57 Å². The molecule has 0 aliphatic heterocycles. The van der Waals surface area contributed by atoms with Crippen LogP contribution in [0.2, 0.25) is 0 Å². The number of aliphatic hydroxyl groups is 2. The van der Waals surface area contributed by atoms with Crippen molar-refractivity contribution in [3.63, 3.8) is 0 Å². The van der Waals surface area contributed by atoms with Crippen LogP contribution in [0.4, 0.5) is 0 Å². The van der Waals surface area contributed by atoms with Gasteiger partial charge in [0.15, 0.2) is 0 Å². The molecule has 2 aromatic carbocycles. The first-order chi connectivity index (χ1) is 12.1. The Morgan fingerprint density at radius 1 is 1.20 bits per heavy atom. The molecule has 4 aromatic rings. The van der Waals surface area contributed by atoms with E-state index in [-0.39, 0.29) is 6.61 Å². The van der Waals surface area contributed by atoms with Crippen molar-refractivity contribution in [2.24, 2.45) is 0 Å². The highest BCUT2D eigenvalue weighted by atomic mass is 16.3. The summed E-state index contributed by atoms with van der Waals surface area (Å²) in [6, 6.07) is 12.0. The molecule has 1 unspecified atom stereocenters. The summed E-state index contributed by atoms with van der Waals surface area (Å²) in [6.07, 6.45) is -0.161. The summed E-state index contributed by atoms with van der Waals surface area (Å²) in [7, 11) is 0. The molecule has 4 rings (SSSR count). The molecule has 2 aromatic heterocycles. The van der Waals surface area contributed by atoms with Gasteiger partial charge < -0.3 is 15.2 Å². The van der Waals surface area contributed by atoms with E-state index in [4.69, 9.17) is 4.98 Å². The van der Waals surface area contributed by atoms with Gasteiger partial charge in [0.05, 0.1) is 28.7 Å². The van der Waals surface area contributed by atoms with Crippen LogP contribution in [0.1, 0.15) is 30.2 Å². The third kappa shape index (κ3) is 2.59. The molecule has 0 bridgehead atoms. The minimum absolute atomic E-state index is 0.0425. The molecule has 1 atom stereocenters. The van der Waals surface area contributed by atoms with Crippen molar-refractivity contribution in [1.82, 2.24) is 19.5 Å². The maximum Gasteiger partial charge on any atom is 0.135 e. The van der Waals surface area contributed by atoms with Crippen LogP contribution in [-0.2, 0) is 6.42 Å². The fraction of sp³-hybridized carbons (Fsp3) is 0.263. The first-order valence-corrected chi connectivity index (χ1v) is 8.34. The van der Waals surface area contributed by atoms with Crippen LogP contribution in [0.25, 0.3) is 27.8 Å². The molecule has 128 valence electrons. The molecule has 0 spiro atoms. The van der Waals surface area contributed by atoms with Crippen molar-refractivity contribution in [1.29, 1.82) is 0 Å². The molecule has 3 N–H and O–H groups in total. The van der Waals surface area contributed by atoms with E-state index in [1.165, 1.54) is 0 Å². The van der Waals surface area contributed by atoms with Crippen LogP contribution < -0.4 is 0 Å². The van der Waals surface area contributed by atoms with Crippen LogP contribution in [-0.4, -0.2) is 36.3 Å². The molecule has 0 fully saturated rings. The lowest BCUT2D eigenvalue weighted by Gasteiger charge is -2.09. The minimum Gasteiger partial charge on any atom is -0.396 e. The quantitative estimate of drug-likeness (QED) is 0.535. The Hall–Kier alpha value is -2.70. The van der Waals surface area contributed by atoms with Crippen LogP contribution in [0.5, 0.6) is 0 Å². The molecule has 6 nitrogen and oxygen atoms in total. The van der Waals surface area contributed by atoms with Crippen molar-refractivity contribution in [3.8, 4) is 5.69 Å². The summed E-state index contributed by atoms with van der Waals surface area (Å²) in [6.45, 7) is 3.76. The molecular weight excluding hydrogens is 316 g/mol. The Morgan fingerprint density at radius 2 is 2.04 bits per heavy atom. The van der Waals surface area contributed by atoms with Gasteiger partial charge in [-0.05, 0) is 43.7 Å². The van der Waals surface area contributed by atoms with Crippen LogP contribution in [0, 0.1) is 6.92 Å². The summed E-state index contributed by atoms with van der Waals surface area (Å²) >= 11 is 0. The fourth-order valence-corrected chi connectivity index (χ4v) is 3.20. The van der Waals surface area contributed by atoms with Crippen LogP contribution in [0.3, 0.4) is 0 Å². The number of fused-ring (bicyclic) bond motifs is 2. The van der Waals surface area contributed by atoms with Gasteiger partial charge in [0.1, 0.15) is 17.8 Å². The van der Waals surface area contributed by atoms with E-state index in [2.05, 4.69) is 14.5 Å². The normalized spacial score (nSPS) is 13.0. The first kappa shape index (κ1) is 15.8. The summed E-state index contributed by atoms with van der Waals surface area (Å²) in [5, 5.41) is 19.2. The number of benzene rings is 2. The van der Waals surface area contributed by atoms with E-state index in [9.17, 15) is 10.2 Å². The summed E-state index contributed by atoms with van der Waals surface area (Å²) in [5.74, 6) is 1.37. The second kappa shape index (κ2) is 5.98. The zero-order valence-electron chi connectivity index (χ0n) is 14.2. The lowest BCUT2D eigenvalue weighted by Crippen LogP contribution is -2.03. The average Bonchev–Trinajstić information content (AvgIpc) is 3.16. The van der Waals surface area contributed by atoms with Gasteiger partial charge in [0.25, 0.3) is 0 Å². The average molecular weight is 336 g/mol. The highest BCUT2D eigenvalue weighted by Gasteiger charge is 2.15. The van der Waals surface area contributed by atoms with Gasteiger partial charge in [-0.15, -0.1) is 0 Å². The third-order valence-corrected chi connectivity index (χ3v) is 4.43. The minimum atomic E-state index is -0.641. The van der Waals surface area contributed by atoms with E-state index in [0.717, 1.165) is 39.1 Å². The molecular formula is C19H20N4O2. The van der Waals surface area contributed by atoms with E-state index in [0.29, 0.717) is 12.2 Å². The molecule has 0 radical (unpaired) electrons. The molecule has 0 saturated heterocycles. The summed E-state index contributed by atoms with van der Waals surface area (Å²) < 4.78 is 2.07. The van der Waals surface area contributed by atoms with E-state index in [1.807, 2.05) is 43.3 Å². The smallest absolute Gasteiger partial charge is 0.135 e. The van der Waals surface area contributed by atoms with Crippen molar-refractivity contribution >= 4 is 22.1 Å². The Morgan fingerprint density at radius 3 is 2.80 bits per heavy atom. The number of rotatable bonds is 4. The molecule has 0 saturated carbocycles. The van der Waals surface area contributed by atoms with E-state index in [1.54, 1.807) is 6.92 Å². The number of imidazole rings is 2. The monoisotopic (exact) mass is 336 g/mol. The number of aromatic nitrogens is 4. The largest absolute Gasteiger partial charge is 0.396 e. The molecule has 6 heteroatoms. The van der Waals surface area contributed by atoms with Gasteiger partial charge in [-0.1, -0.05) is 12.1 Å². The second-order valence-corrected chi connectivity index (χ2v) is 6.28. The predicted octanol–water partition coefficient (Wildman–Crippen LogP) is 2.80. The summed E-state index contributed by atoms with van der Waals surface area (Å²) in [5.41, 5.74) is 5.68. The van der Waals surface area contributed by atoms with Crippen molar-refractivity contribution < 1.29 is 10.2 Å². The third-order valence-electron chi connectivity index (χ3n) is 4.43. The number of hydrogen-bond donors (Lipinski definition) is 3. The zero-order chi connectivity index (χ0) is 17.6. The van der Waals surface area contributed by atoms with E-state index >= 15 is 0 Å². The highest BCUT2D eigenvalue weighted by Crippen LogP contribution is 2.26. The van der Waals surface area contributed by atoms with Gasteiger partial charge in [-0.25, -0.2) is 9.97 Å². The van der Waals surface area contributed by atoms with Gasteiger partial charge in [0, 0.05) is 12.1 Å². The SMILES string of the molecule is Cc1cccc2c1nc(CCO)n2-c1ccc2nc(C(C)O)[nH]c2c1. The Balaban J connectivity index is 1.95. The molecule has 0 amide bonds. The topological polar surface area (TPSA) is 87.0 Å². The number of hydrogen-bond acceptors (Lipinski definition) is 4. The number of aliphatic hydroxyl groups excluding tert-OH is 2. The van der Waals surface area contributed by atoms with Crippen LogP contribution >= 0.6 is 0 Å². The standard InChI is InChI=1S/C19H20N4O2/c1-11-4-3-5-16-18(11)22-17(8-9-24)23(16)13-6-7-14-15(10-13)21-19(20-14)12(2)25/h3-7,10,12,24-25H,8-9H2,1-2H3,(H,20,21). The number of aromatic amines is 1. The van der Waals surface area contributed by atoms with Crippen LogP contribution in [0.15, 0.2) is 36.4 Å². The number of H-pyrrole nitrogens is 1. The predicted molar refractivity (Wildman–Crippen MR) is 96.9 cm³/mol. The maximum atomic E-state index is 9.73. The van der Waals surface area contributed by atoms with Gasteiger partial charge >= 0.3 is 0 Å². The number of nitrogens with one attached hydrogen (secondary N) is 1. The number of para-hydroxylation sites is 1. The molecule has 0 aliphatic carbocycles. The zero-order valence-corrected chi connectivity index (χ0v) is 14.2. The Bertz CT molecular complexity index is 1060. The maximum absolute atomic E-state index is 9.73. The second-order valence-electron chi connectivity index (χ2n) is 6.28. The molecule has 0 aliphatic rings. The number of nitrogens with zero attached hydrogens (tertiary/aromatic N) is 3. The van der Waals surface area contributed by atoms with Gasteiger partial charge in [-0.2, -0.15) is 0 Å². The first-order valence-electron chi connectivity index (χ1n) is 8.34. The van der Waals surface area contributed by atoms with Gasteiger partial charge in [0.2, 0.25) is 0 Å². The van der Waals surface area contributed by atoms with E-state index < -0.39 is 6.10 Å². The lowest BCUT2D eigenvalue weighted by atomic mass is 10.2. The number of aryl methyl sites for hydroxylation is 1. The van der Waals surface area contributed by atoms with Crippen molar-refractivity contribution in [3.05, 3.63) is 53.6 Å².